The van der Waals surface area contributed by atoms with Gasteiger partial charge in [0.25, 0.3) is 5.91 Å². The smallest absolute Gasteiger partial charge is 0.408 e. The van der Waals surface area contributed by atoms with Crippen LogP contribution in [-0.4, -0.2) is 71.8 Å². The highest BCUT2D eigenvalue weighted by molar-refractivity contribution is 6.38. The van der Waals surface area contributed by atoms with Crippen molar-refractivity contribution in [1.82, 2.24) is 20.9 Å². The van der Waals surface area contributed by atoms with Crippen LogP contribution in [0.2, 0.25) is 0 Å². The molecule has 0 radical (unpaired) electrons. The van der Waals surface area contributed by atoms with E-state index in [-0.39, 0.29) is 48.1 Å². The average molecular weight is 563 g/mol. The summed E-state index contributed by atoms with van der Waals surface area (Å²) in [5.41, 5.74) is -0.858. The molecule has 2 unspecified atom stereocenters. The van der Waals surface area contributed by atoms with Crippen LogP contribution >= 0.6 is 0 Å². The zero-order chi connectivity index (χ0) is 30.6. The summed E-state index contributed by atoms with van der Waals surface area (Å²) in [5, 5.41) is 8.04. The summed E-state index contributed by atoms with van der Waals surface area (Å²) in [5.74, 6) is -2.22. The maximum Gasteiger partial charge on any atom is 0.408 e. The summed E-state index contributed by atoms with van der Waals surface area (Å²) < 4.78 is 5.49. The third-order valence-electron chi connectivity index (χ3n) is 8.31. The van der Waals surface area contributed by atoms with E-state index in [4.69, 9.17) is 4.74 Å². The summed E-state index contributed by atoms with van der Waals surface area (Å²) >= 11 is 0. The zero-order valence-electron chi connectivity index (χ0n) is 25.8. The third kappa shape index (κ3) is 7.63. The van der Waals surface area contributed by atoms with E-state index >= 15 is 0 Å². The first-order valence-electron chi connectivity index (χ1n) is 14.5. The number of nitrogens with one attached hydrogen (secondary N) is 3. The van der Waals surface area contributed by atoms with Crippen molar-refractivity contribution in [3.63, 3.8) is 0 Å². The van der Waals surface area contributed by atoms with E-state index in [2.05, 4.69) is 36.4 Å². The highest BCUT2D eigenvalue weighted by Crippen LogP contribution is 2.57. The number of alkyl carbamates (subject to hydrolysis) is 1. The van der Waals surface area contributed by atoms with Gasteiger partial charge in [0.1, 0.15) is 18.2 Å². The van der Waals surface area contributed by atoms with Gasteiger partial charge in [-0.1, -0.05) is 67.9 Å². The Morgan fingerprint density at radius 2 is 1.73 bits per heavy atom. The first kappa shape index (κ1) is 33.3. The standard InChI is InChI=1S/C30H50N4O6/c1-11-13-20(23(35)26(37)31-14-12-2)32-25(36)22-21-19(15-30(21,9)10)16-34(22)27(38)24(29(6,7)8)33-28(39)40-18(5)17(3)4/h12,17-22,24H,2,11,13-16H2,1,3-10H3,(H,31,37)(H,32,36)(H,33,39)/t18?,19-,20?,21-,22-,24+/m0/s1. The lowest BCUT2D eigenvalue weighted by Crippen LogP contribution is -2.61. The number of fused-ring (bicyclic) bond motifs is 1. The molecule has 0 aromatic carbocycles. The fraction of sp³-hybridized carbons (Fsp3) is 0.767. The first-order valence-corrected chi connectivity index (χ1v) is 14.5. The number of carbonyl (C=O) groups excluding carboxylic acids is 5. The predicted molar refractivity (Wildman–Crippen MR) is 153 cm³/mol. The lowest BCUT2D eigenvalue weighted by molar-refractivity contribution is -0.146. The Bertz CT molecular complexity index is 985. The molecule has 0 aromatic heterocycles. The summed E-state index contributed by atoms with van der Waals surface area (Å²) in [6.45, 7) is 21.3. The van der Waals surface area contributed by atoms with Crippen molar-refractivity contribution in [3.8, 4) is 0 Å². The van der Waals surface area contributed by atoms with Crippen LogP contribution in [0.3, 0.4) is 0 Å². The van der Waals surface area contributed by atoms with Gasteiger partial charge in [-0.15, -0.1) is 6.58 Å². The van der Waals surface area contributed by atoms with Crippen LogP contribution in [0.4, 0.5) is 4.79 Å². The first-order chi connectivity index (χ1) is 18.5. The van der Waals surface area contributed by atoms with E-state index in [1.165, 1.54) is 6.08 Å². The van der Waals surface area contributed by atoms with Crippen molar-refractivity contribution in [2.75, 3.05) is 13.1 Å². The molecule has 3 N–H and O–H groups in total. The van der Waals surface area contributed by atoms with E-state index in [1.54, 1.807) is 11.8 Å². The molecule has 0 bridgehead atoms. The van der Waals surface area contributed by atoms with Crippen LogP contribution in [0, 0.1) is 28.6 Å². The summed E-state index contributed by atoms with van der Waals surface area (Å²) in [4.78, 5) is 67.5. The van der Waals surface area contributed by atoms with Crippen LogP contribution in [0.1, 0.15) is 81.6 Å². The summed E-state index contributed by atoms with van der Waals surface area (Å²) in [7, 11) is 0. The largest absolute Gasteiger partial charge is 0.446 e. The van der Waals surface area contributed by atoms with Gasteiger partial charge in [0, 0.05) is 13.1 Å². The molecule has 40 heavy (non-hydrogen) atoms. The molecular formula is C30H50N4O6. The fourth-order valence-electron chi connectivity index (χ4n) is 5.87. The van der Waals surface area contributed by atoms with Gasteiger partial charge in [-0.05, 0) is 48.3 Å². The number of ketones is 1. The molecule has 0 aromatic rings. The van der Waals surface area contributed by atoms with Crippen LogP contribution in [0.5, 0.6) is 0 Å². The van der Waals surface area contributed by atoms with Gasteiger partial charge in [0.2, 0.25) is 17.6 Å². The minimum Gasteiger partial charge on any atom is -0.446 e. The van der Waals surface area contributed by atoms with Gasteiger partial charge < -0.3 is 25.6 Å². The van der Waals surface area contributed by atoms with Gasteiger partial charge in [0.15, 0.2) is 0 Å². The Balaban J connectivity index is 2.34. The zero-order valence-corrected chi connectivity index (χ0v) is 25.8. The van der Waals surface area contributed by atoms with Crippen LogP contribution in [0.25, 0.3) is 0 Å². The Morgan fingerprint density at radius 3 is 2.23 bits per heavy atom. The normalized spacial score (nSPS) is 23.6. The number of ether oxygens (including phenoxy) is 1. The van der Waals surface area contributed by atoms with E-state index < -0.39 is 47.2 Å². The minimum atomic E-state index is -1.01. The number of Topliss-reactive ketones (excluding diaryl/α,β-unsaturated/α-hetero) is 1. The van der Waals surface area contributed by atoms with E-state index in [0.717, 1.165) is 6.42 Å². The molecule has 1 heterocycles. The maximum atomic E-state index is 14.1. The van der Waals surface area contributed by atoms with E-state index in [0.29, 0.717) is 13.0 Å². The van der Waals surface area contributed by atoms with Crippen molar-refractivity contribution in [3.05, 3.63) is 12.7 Å². The summed E-state index contributed by atoms with van der Waals surface area (Å²) in [6.07, 6.45) is 2.16. The molecule has 2 fully saturated rings. The quantitative estimate of drug-likeness (QED) is 0.247. The van der Waals surface area contributed by atoms with Gasteiger partial charge in [0.05, 0.1) is 6.04 Å². The fourth-order valence-corrected chi connectivity index (χ4v) is 5.87. The van der Waals surface area contributed by atoms with Crippen molar-refractivity contribution in [2.24, 2.45) is 28.6 Å². The lowest BCUT2D eigenvalue weighted by atomic mass is 9.55. The van der Waals surface area contributed by atoms with Gasteiger partial charge in [-0.2, -0.15) is 0 Å². The van der Waals surface area contributed by atoms with Gasteiger partial charge in [-0.3, -0.25) is 19.2 Å². The number of carbonyl (C=O) groups is 5. The second-order valence-corrected chi connectivity index (χ2v) is 13.4. The van der Waals surface area contributed by atoms with Crippen molar-refractivity contribution in [1.29, 1.82) is 0 Å². The molecule has 1 saturated carbocycles. The molecule has 4 amide bonds. The second-order valence-electron chi connectivity index (χ2n) is 13.4. The molecule has 10 heteroatoms. The number of likely N-dealkylation sites (tertiary alicyclic amines) is 1. The highest BCUT2D eigenvalue weighted by atomic mass is 16.6. The number of hydrogen-bond acceptors (Lipinski definition) is 6. The van der Waals surface area contributed by atoms with E-state index in [9.17, 15) is 24.0 Å². The van der Waals surface area contributed by atoms with Crippen LogP contribution < -0.4 is 16.0 Å². The van der Waals surface area contributed by atoms with Crippen molar-refractivity contribution in [2.45, 2.75) is 106 Å². The van der Waals surface area contributed by atoms with Gasteiger partial charge in [-0.25, -0.2) is 4.79 Å². The number of hydrogen-bond donors (Lipinski definition) is 3. The summed E-state index contributed by atoms with van der Waals surface area (Å²) in [6, 6.07) is -2.78. The lowest BCUT2D eigenvalue weighted by Gasteiger charge is -2.49. The number of nitrogens with zero attached hydrogens (tertiary/aromatic N) is 1. The second kappa shape index (κ2) is 13.2. The SMILES string of the molecule is C=CCNC(=O)C(=O)C(CCC)NC(=O)[C@@H]1[C@@H]2[C@H](CN1C(=O)[C@@H](NC(=O)OC(C)C(C)C)C(C)(C)C)CC2(C)C. The Morgan fingerprint density at radius 1 is 1.10 bits per heavy atom. The predicted octanol–water partition coefficient (Wildman–Crippen LogP) is 3.20. The minimum absolute atomic E-state index is 0.108. The average Bonchev–Trinajstić information content (AvgIpc) is 3.18. The van der Waals surface area contributed by atoms with Crippen molar-refractivity contribution < 1.29 is 28.7 Å². The topological polar surface area (TPSA) is 134 Å². The molecule has 6 atom stereocenters. The Kier molecular flexibility index (Phi) is 11.0. The third-order valence-corrected chi connectivity index (χ3v) is 8.31. The molecule has 2 aliphatic rings. The van der Waals surface area contributed by atoms with Gasteiger partial charge >= 0.3 is 6.09 Å². The molecule has 226 valence electrons. The Hall–Kier alpha value is -2.91. The molecule has 10 nitrogen and oxygen atoms in total. The molecule has 1 aliphatic heterocycles. The number of rotatable bonds is 12. The van der Waals surface area contributed by atoms with Crippen molar-refractivity contribution >= 4 is 29.6 Å². The van der Waals surface area contributed by atoms with Crippen LogP contribution in [0.15, 0.2) is 12.7 Å². The Labute approximate surface area is 239 Å². The molecule has 0 spiro atoms. The molecular weight excluding hydrogens is 512 g/mol. The molecule has 1 saturated heterocycles. The van der Waals surface area contributed by atoms with Crippen LogP contribution in [-0.2, 0) is 23.9 Å². The molecule has 1 aliphatic carbocycles. The monoisotopic (exact) mass is 562 g/mol. The molecule has 2 rings (SSSR count). The van der Waals surface area contributed by atoms with E-state index in [1.807, 2.05) is 41.5 Å². The maximum absolute atomic E-state index is 14.1. The highest BCUT2D eigenvalue weighted by Gasteiger charge is 2.61. The number of amides is 4.